The summed E-state index contributed by atoms with van der Waals surface area (Å²) in [6.45, 7) is 3.39. The number of hydrogen-bond donors (Lipinski definition) is 1. The molecular weight excluding hydrogens is 364 g/mol. The molecule has 1 fully saturated rings. The molecule has 5 nitrogen and oxygen atoms in total. The van der Waals surface area contributed by atoms with Gasteiger partial charge >= 0.3 is 0 Å². The van der Waals surface area contributed by atoms with Crippen LogP contribution in [0.15, 0.2) is 48.5 Å². The average Bonchev–Trinajstić information content (AvgIpc) is 3.21. The van der Waals surface area contributed by atoms with E-state index in [1.54, 1.807) is 48.5 Å². The van der Waals surface area contributed by atoms with Crippen molar-refractivity contribution < 1.29 is 14.3 Å². The van der Waals surface area contributed by atoms with Crippen molar-refractivity contribution in [2.75, 3.05) is 18.4 Å². The zero-order valence-corrected chi connectivity index (χ0v) is 16.0. The zero-order valence-electron chi connectivity index (χ0n) is 15.3. The molecule has 1 aliphatic heterocycles. The number of rotatable bonds is 6. The summed E-state index contributed by atoms with van der Waals surface area (Å²) < 4.78 is 5.79. The first-order valence-electron chi connectivity index (χ1n) is 9.20. The highest BCUT2D eigenvalue weighted by Crippen LogP contribution is 2.22. The number of anilines is 1. The summed E-state index contributed by atoms with van der Waals surface area (Å²) in [6, 6.07) is 14.0. The van der Waals surface area contributed by atoms with E-state index in [1.165, 1.54) is 0 Å². The normalized spacial score (nSPS) is 14.7. The lowest BCUT2D eigenvalue weighted by Crippen LogP contribution is -2.34. The molecule has 0 saturated carbocycles. The van der Waals surface area contributed by atoms with Gasteiger partial charge in [-0.15, -0.1) is 0 Å². The van der Waals surface area contributed by atoms with Crippen molar-refractivity contribution in [3.63, 3.8) is 0 Å². The minimum atomic E-state index is -0.682. The van der Waals surface area contributed by atoms with Gasteiger partial charge in [0.1, 0.15) is 5.75 Å². The van der Waals surface area contributed by atoms with Crippen LogP contribution in [0.5, 0.6) is 5.75 Å². The molecule has 1 atom stereocenters. The average molecular weight is 387 g/mol. The van der Waals surface area contributed by atoms with Gasteiger partial charge in [0.05, 0.1) is 11.3 Å². The maximum absolute atomic E-state index is 12.7. The van der Waals surface area contributed by atoms with Crippen LogP contribution in [0.4, 0.5) is 5.69 Å². The van der Waals surface area contributed by atoms with Crippen LogP contribution in [0, 0.1) is 0 Å². The molecule has 6 heteroatoms. The largest absolute Gasteiger partial charge is 0.481 e. The Morgan fingerprint density at radius 3 is 2.59 bits per heavy atom. The highest BCUT2D eigenvalue weighted by Gasteiger charge is 2.24. The molecule has 27 heavy (non-hydrogen) atoms. The molecule has 1 heterocycles. The van der Waals surface area contributed by atoms with Gasteiger partial charge in [0, 0.05) is 18.1 Å². The number of para-hydroxylation sites is 1. The van der Waals surface area contributed by atoms with Gasteiger partial charge in [-0.2, -0.15) is 0 Å². The maximum atomic E-state index is 12.7. The van der Waals surface area contributed by atoms with Crippen LogP contribution in [-0.2, 0) is 4.79 Å². The van der Waals surface area contributed by atoms with Gasteiger partial charge in [0.15, 0.2) is 6.10 Å². The van der Waals surface area contributed by atoms with Gasteiger partial charge < -0.3 is 15.0 Å². The van der Waals surface area contributed by atoms with Crippen molar-refractivity contribution in [1.29, 1.82) is 0 Å². The van der Waals surface area contributed by atoms with Gasteiger partial charge in [-0.25, -0.2) is 0 Å². The molecule has 0 spiro atoms. The second kappa shape index (κ2) is 8.91. The first kappa shape index (κ1) is 19.2. The van der Waals surface area contributed by atoms with E-state index in [-0.39, 0.29) is 11.8 Å². The minimum absolute atomic E-state index is 0.0489. The van der Waals surface area contributed by atoms with Gasteiger partial charge in [0.2, 0.25) is 0 Å². The SMILES string of the molecule is CC[C@@H](Oc1cccc(Cl)c1)C(=O)Nc1ccccc1C(=O)N1CCCC1. The number of likely N-dealkylation sites (tertiary alicyclic amines) is 1. The third-order valence-electron chi connectivity index (χ3n) is 4.55. The van der Waals surface area contributed by atoms with Gasteiger partial charge in [0.25, 0.3) is 11.8 Å². The number of nitrogens with one attached hydrogen (secondary N) is 1. The second-order valence-corrected chi connectivity index (χ2v) is 6.94. The van der Waals surface area contributed by atoms with E-state index in [9.17, 15) is 9.59 Å². The summed E-state index contributed by atoms with van der Waals surface area (Å²) in [7, 11) is 0. The van der Waals surface area contributed by atoms with Crippen LogP contribution in [0.25, 0.3) is 0 Å². The predicted molar refractivity (Wildman–Crippen MR) is 106 cm³/mol. The highest BCUT2D eigenvalue weighted by atomic mass is 35.5. The number of carbonyl (C=O) groups excluding carboxylic acids is 2. The van der Waals surface area contributed by atoms with E-state index in [0.717, 1.165) is 25.9 Å². The lowest BCUT2D eigenvalue weighted by molar-refractivity contribution is -0.122. The van der Waals surface area contributed by atoms with Crippen molar-refractivity contribution in [3.05, 3.63) is 59.1 Å². The van der Waals surface area contributed by atoms with E-state index < -0.39 is 6.10 Å². The van der Waals surface area contributed by atoms with Crippen LogP contribution in [0.3, 0.4) is 0 Å². The monoisotopic (exact) mass is 386 g/mol. The molecule has 1 N–H and O–H groups in total. The molecule has 0 unspecified atom stereocenters. The van der Waals surface area contributed by atoms with E-state index in [2.05, 4.69) is 5.32 Å². The molecular formula is C21H23ClN2O3. The third kappa shape index (κ3) is 4.80. The summed E-state index contributed by atoms with van der Waals surface area (Å²) in [5.74, 6) is 0.192. The first-order chi connectivity index (χ1) is 13.1. The lowest BCUT2D eigenvalue weighted by Gasteiger charge is -2.20. The van der Waals surface area contributed by atoms with Crippen molar-refractivity contribution >= 4 is 29.1 Å². The predicted octanol–water partition coefficient (Wildman–Crippen LogP) is 4.37. The van der Waals surface area contributed by atoms with E-state index in [1.807, 2.05) is 11.8 Å². The van der Waals surface area contributed by atoms with Gasteiger partial charge in [-0.05, 0) is 49.6 Å². The van der Waals surface area contributed by atoms with E-state index in [0.29, 0.717) is 28.4 Å². The van der Waals surface area contributed by atoms with Crippen LogP contribution in [-0.4, -0.2) is 35.9 Å². The molecule has 1 aliphatic rings. The Labute approximate surface area is 164 Å². The third-order valence-corrected chi connectivity index (χ3v) is 4.78. The molecule has 0 bridgehead atoms. The Kier molecular flexibility index (Phi) is 6.35. The van der Waals surface area contributed by atoms with Crippen LogP contribution in [0.1, 0.15) is 36.5 Å². The number of hydrogen-bond acceptors (Lipinski definition) is 3. The summed E-state index contributed by atoms with van der Waals surface area (Å²) in [5.41, 5.74) is 1.01. The molecule has 3 rings (SSSR count). The van der Waals surface area contributed by atoms with Crippen LogP contribution in [0.2, 0.25) is 5.02 Å². The fourth-order valence-corrected chi connectivity index (χ4v) is 3.29. The highest BCUT2D eigenvalue weighted by molar-refractivity contribution is 6.30. The van der Waals surface area contributed by atoms with Crippen molar-refractivity contribution in [2.24, 2.45) is 0 Å². The molecule has 2 amide bonds. The standard InChI is InChI=1S/C21H23ClN2O3/c1-2-19(27-16-9-7-8-15(22)14-16)20(25)23-18-11-4-3-10-17(18)21(26)24-12-5-6-13-24/h3-4,7-11,14,19H,2,5-6,12-13H2,1H3,(H,23,25)/t19-/m1/s1. The lowest BCUT2D eigenvalue weighted by atomic mass is 10.1. The number of ether oxygens (including phenoxy) is 1. The Morgan fingerprint density at radius 1 is 1.15 bits per heavy atom. The number of carbonyl (C=O) groups is 2. The Morgan fingerprint density at radius 2 is 1.89 bits per heavy atom. The topological polar surface area (TPSA) is 58.6 Å². The van der Waals surface area contributed by atoms with Gasteiger partial charge in [-0.1, -0.05) is 36.7 Å². The molecule has 2 aromatic rings. The Bertz CT molecular complexity index is 819. The molecule has 0 aromatic heterocycles. The quantitative estimate of drug-likeness (QED) is 0.801. The summed E-state index contributed by atoms with van der Waals surface area (Å²) in [5, 5.41) is 3.40. The minimum Gasteiger partial charge on any atom is -0.481 e. The number of amides is 2. The van der Waals surface area contributed by atoms with E-state index >= 15 is 0 Å². The van der Waals surface area contributed by atoms with E-state index in [4.69, 9.17) is 16.3 Å². The fraction of sp³-hybridized carbons (Fsp3) is 0.333. The van der Waals surface area contributed by atoms with Crippen molar-refractivity contribution in [1.82, 2.24) is 4.90 Å². The fourth-order valence-electron chi connectivity index (χ4n) is 3.11. The Hall–Kier alpha value is -2.53. The molecule has 0 aliphatic carbocycles. The maximum Gasteiger partial charge on any atom is 0.265 e. The molecule has 142 valence electrons. The summed E-state index contributed by atoms with van der Waals surface area (Å²) >= 11 is 5.98. The van der Waals surface area contributed by atoms with Gasteiger partial charge in [-0.3, -0.25) is 9.59 Å². The number of benzene rings is 2. The molecule has 1 saturated heterocycles. The van der Waals surface area contributed by atoms with Crippen molar-refractivity contribution in [3.8, 4) is 5.75 Å². The molecule has 0 radical (unpaired) electrons. The first-order valence-corrected chi connectivity index (χ1v) is 9.57. The smallest absolute Gasteiger partial charge is 0.265 e. The molecule has 2 aromatic carbocycles. The van der Waals surface area contributed by atoms with Crippen LogP contribution < -0.4 is 10.1 Å². The zero-order chi connectivity index (χ0) is 19.2. The second-order valence-electron chi connectivity index (χ2n) is 6.51. The number of halogens is 1. The van der Waals surface area contributed by atoms with Crippen molar-refractivity contribution in [2.45, 2.75) is 32.3 Å². The summed E-state index contributed by atoms with van der Waals surface area (Å²) in [4.78, 5) is 27.3. The number of nitrogens with zero attached hydrogens (tertiary/aromatic N) is 1. The summed E-state index contributed by atoms with van der Waals surface area (Å²) in [6.07, 6.45) is 1.84. The Balaban J connectivity index is 1.73. The van der Waals surface area contributed by atoms with Crippen LogP contribution >= 0.6 is 11.6 Å².